The third kappa shape index (κ3) is 4.11. The summed E-state index contributed by atoms with van der Waals surface area (Å²) in [6.45, 7) is 1.95. The highest BCUT2D eigenvalue weighted by atomic mass is 35.5. The van der Waals surface area contributed by atoms with Gasteiger partial charge in [0.2, 0.25) is 0 Å². The highest BCUT2D eigenvalue weighted by molar-refractivity contribution is 8.26. The Bertz CT molecular complexity index is 1130. The molecule has 2 aliphatic rings. The molecule has 0 unspecified atom stereocenters. The first-order valence-corrected chi connectivity index (χ1v) is 11.1. The zero-order valence-electron chi connectivity index (χ0n) is 16.5. The summed E-state index contributed by atoms with van der Waals surface area (Å²) in [7, 11) is 0. The Morgan fingerprint density at radius 3 is 2.48 bits per heavy atom. The SMILES string of the molecule is CCOC(=O)CN1C(=O)C(=C2C(=O)N(Cc3ccc(Cl)cc3)c3ccccc32)SC1=S. The molecule has 6 nitrogen and oxygen atoms in total. The zero-order valence-corrected chi connectivity index (χ0v) is 18.9. The number of thioether (sulfide) groups is 1. The van der Waals surface area contributed by atoms with Gasteiger partial charge >= 0.3 is 5.97 Å². The molecule has 1 saturated heterocycles. The van der Waals surface area contributed by atoms with Crippen molar-refractivity contribution < 1.29 is 19.1 Å². The lowest BCUT2D eigenvalue weighted by Gasteiger charge is -2.17. The van der Waals surface area contributed by atoms with Crippen molar-refractivity contribution in [1.82, 2.24) is 4.90 Å². The normalized spacial score (nSPS) is 18.1. The molecule has 2 heterocycles. The van der Waals surface area contributed by atoms with Gasteiger partial charge in [0.1, 0.15) is 10.9 Å². The average Bonchev–Trinajstić information content (AvgIpc) is 3.17. The first-order valence-electron chi connectivity index (χ1n) is 9.50. The molecule has 2 aliphatic heterocycles. The first kappa shape index (κ1) is 21.5. The zero-order chi connectivity index (χ0) is 22.1. The number of thiocarbonyl (C=S) groups is 1. The van der Waals surface area contributed by atoms with Gasteiger partial charge in [-0.15, -0.1) is 0 Å². The second-order valence-corrected chi connectivity index (χ2v) is 8.88. The largest absolute Gasteiger partial charge is 0.465 e. The third-order valence-corrected chi connectivity index (χ3v) is 6.55. The van der Waals surface area contributed by atoms with Crippen LogP contribution in [-0.2, 0) is 25.7 Å². The Labute approximate surface area is 193 Å². The summed E-state index contributed by atoms with van der Waals surface area (Å²) in [5.41, 5.74) is 2.59. The number of para-hydroxylation sites is 1. The molecule has 2 amide bonds. The van der Waals surface area contributed by atoms with Crippen molar-refractivity contribution in [1.29, 1.82) is 0 Å². The molecule has 0 spiro atoms. The Kier molecular flexibility index (Phi) is 6.13. The molecule has 0 saturated carbocycles. The number of ether oxygens (including phenoxy) is 1. The molecule has 0 N–H and O–H groups in total. The molecule has 158 valence electrons. The second-order valence-electron chi connectivity index (χ2n) is 6.80. The first-order chi connectivity index (χ1) is 14.9. The van der Waals surface area contributed by atoms with Crippen molar-refractivity contribution >= 4 is 68.9 Å². The van der Waals surface area contributed by atoms with Crippen LogP contribution >= 0.6 is 35.6 Å². The maximum atomic E-state index is 13.4. The number of carbonyl (C=O) groups excluding carboxylic acids is 3. The summed E-state index contributed by atoms with van der Waals surface area (Å²) < 4.78 is 5.15. The van der Waals surface area contributed by atoms with Gasteiger partial charge in [-0.3, -0.25) is 19.3 Å². The fraction of sp³-hybridized carbons (Fsp3) is 0.182. The molecule has 2 aromatic rings. The van der Waals surface area contributed by atoms with E-state index in [1.165, 1.54) is 4.90 Å². The maximum Gasteiger partial charge on any atom is 0.326 e. The van der Waals surface area contributed by atoms with Crippen molar-refractivity contribution in [3.63, 3.8) is 0 Å². The number of amides is 2. The standard InChI is InChI=1S/C22H17ClN2O4S2/c1-2-29-17(26)12-25-21(28)19(31-22(25)30)18-15-5-3-4-6-16(15)24(20(18)27)11-13-7-9-14(23)10-8-13/h3-10H,2,11-12H2,1H3. The summed E-state index contributed by atoms with van der Waals surface area (Å²) in [5, 5.41) is 0.614. The summed E-state index contributed by atoms with van der Waals surface area (Å²) >= 11 is 12.3. The average molecular weight is 473 g/mol. The molecule has 0 aliphatic carbocycles. The molecule has 0 bridgehead atoms. The number of hydrogen-bond acceptors (Lipinski definition) is 6. The van der Waals surface area contributed by atoms with E-state index in [0.717, 1.165) is 17.3 Å². The van der Waals surface area contributed by atoms with Crippen LogP contribution in [-0.4, -0.2) is 40.2 Å². The molecule has 31 heavy (non-hydrogen) atoms. The monoisotopic (exact) mass is 472 g/mol. The van der Waals surface area contributed by atoms with Crippen LogP contribution in [0.2, 0.25) is 5.02 Å². The lowest BCUT2D eigenvalue weighted by Crippen LogP contribution is -2.34. The Morgan fingerprint density at radius 1 is 1.06 bits per heavy atom. The molecule has 0 radical (unpaired) electrons. The van der Waals surface area contributed by atoms with Crippen LogP contribution in [0.25, 0.3) is 5.57 Å². The number of fused-ring (bicyclic) bond motifs is 1. The summed E-state index contributed by atoms with van der Waals surface area (Å²) in [4.78, 5) is 41.4. The van der Waals surface area contributed by atoms with Gasteiger partial charge in [-0.25, -0.2) is 0 Å². The van der Waals surface area contributed by atoms with E-state index in [1.807, 2.05) is 36.4 Å². The highest BCUT2D eigenvalue weighted by Gasteiger charge is 2.42. The number of carbonyl (C=O) groups is 3. The van der Waals surface area contributed by atoms with Gasteiger partial charge in [-0.1, -0.05) is 65.9 Å². The number of hydrogen-bond donors (Lipinski definition) is 0. The Morgan fingerprint density at radius 2 is 1.77 bits per heavy atom. The molecule has 4 rings (SSSR count). The van der Waals surface area contributed by atoms with Gasteiger partial charge in [-0.05, 0) is 30.7 Å². The van der Waals surface area contributed by atoms with Crippen molar-refractivity contribution in [2.24, 2.45) is 0 Å². The molecule has 0 atom stereocenters. The van der Waals surface area contributed by atoms with E-state index in [1.54, 1.807) is 24.0 Å². The minimum Gasteiger partial charge on any atom is -0.465 e. The van der Waals surface area contributed by atoms with Crippen LogP contribution in [0.4, 0.5) is 5.69 Å². The fourth-order valence-corrected chi connectivity index (χ4v) is 4.90. The number of rotatable bonds is 5. The highest BCUT2D eigenvalue weighted by Crippen LogP contribution is 2.45. The van der Waals surface area contributed by atoms with Gasteiger partial charge in [0, 0.05) is 10.6 Å². The van der Waals surface area contributed by atoms with Crippen molar-refractivity contribution in [3.8, 4) is 0 Å². The number of nitrogens with zero attached hydrogens (tertiary/aromatic N) is 2. The van der Waals surface area contributed by atoms with E-state index in [0.29, 0.717) is 28.4 Å². The molecule has 0 aromatic heterocycles. The van der Waals surface area contributed by atoms with E-state index in [4.69, 9.17) is 28.6 Å². The second kappa shape index (κ2) is 8.82. The maximum absolute atomic E-state index is 13.4. The summed E-state index contributed by atoms with van der Waals surface area (Å²) in [6.07, 6.45) is 0. The smallest absolute Gasteiger partial charge is 0.326 e. The number of anilines is 1. The molecule has 2 aromatic carbocycles. The van der Waals surface area contributed by atoms with Crippen LogP contribution < -0.4 is 4.90 Å². The van der Waals surface area contributed by atoms with Crippen LogP contribution in [0.3, 0.4) is 0 Å². The van der Waals surface area contributed by atoms with Crippen LogP contribution in [0, 0.1) is 0 Å². The van der Waals surface area contributed by atoms with Gasteiger partial charge < -0.3 is 9.64 Å². The topological polar surface area (TPSA) is 66.9 Å². The number of benzene rings is 2. The summed E-state index contributed by atoms with van der Waals surface area (Å²) in [5.74, 6) is -1.30. The lowest BCUT2D eigenvalue weighted by molar-refractivity contribution is -0.145. The summed E-state index contributed by atoms with van der Waals surface area (Å²) in [6, 6.07) is 14.6. The predicted molar refractivity (Wildman–Crippen MR) is 125 cm³/mol. The molecule has 1 fully saturated rings. The minimum atomic E-state index is -0.549. The van der Waals surface area contributed by atoms with E-state index in [9.17, 15) is 14.4 Å². The van der Waals surface area contributed by atoms with Crippen LogP contribution in [0.15, 0.2) is 53.4 Å². The third-order valence-electron chi connectivity index (χ3n) is 4.85. The van der Waals surface area contributed by atoms with E-state index in [-0.39, 0.29) is 28.3 Å². The molecule has 9 heteroatoms. The van der Waals surface area contributed by atoms with Crippen LogP contribution in [0.5, 0.6) is 0 Å². The van der Waals surface area contributed by atoms with Crippen molar-refractivity contribution in [2.45, 2.75) is 13.5 Å². The quantitative estimate of drug-likeness (QED) is 0.372. The van der Waals surface area contributed by atoms with E-state index >= 15 is 0 Å². The number of halogens is 1. The van der Waals surface area contributed by atoms with E-state index in [2.05, 4.69) is 0 Å². The van der Waals surface area contributed by atoms with Gasteiger partial charge in [0.15, 0.2) is 0 Å². The Balaban J connectivity index is 1.70. The Hall–Kier alpha value is -2.68. The number of esters is 1. The van der Waals surface area contributed by atoms with Crippen molar-refractivity contribution in [2.75, 3.05) is 18.1 Å². The molecular weight excluding hydrogens is 456 g/mol. The van der Waals surface area contributed by atoms with Gasteiger partial charge in [-0.2, -0.15) is 0 Å². The predicted octanol–water partition coefficient (Wildman–Crippen LogP) is 4.02. The fourth-order valence-electron chi connectivity index (χ4n) is 3.45. The minimum absolute atomic E-state index is 0.209. The molecular formula is C22H17ClN2O4S2. The lowest BCUT2D eigenvalue weighted by atomic mass is 10.1. The van der Waals surface area contributed by atoms with Crippen LogP contribution in [0.1, 0.15) is 18.1 Å². The van der Waals surface area contributed by atoms with Gasteiger partial charge in [0.05, 0.1) is 29.3 Å². The van der Waals surface area contributed by atoms with Gasteiger partial charge in [0.25, 0.3) is 11.8 Å². The van der Waals surface area contributed by atoms with E-state index < -0.39 is 11.9 Å². The van der Waals surface area contributed by atoms with Crippen molar-refractivity contribution in [3.05, 3.63) is 69.6 Å².